The lowest BCUT2D eigenvalue weighted by Crippen LogP contribution is -2.34. The van der Waals surface area contributed by atoms with E-state index < -0.39 is 21.7 Å². The lowest BCUT2D eigenvalue weighted by atomic mass is 10.2. The Bertz CT molecular complexity index is 1760. The molecule has 3 aromatic carbocycles. The van der Waals surface area contributed by atoms with Crippen LogP contribution < -0.4 is 19.2 Å². The van der Waals surface area contributed by atoms with Gasteiger partial charge in [-0.1, -0.05) is 11.3 Å². The molecule has 0 aliphatic carbocycles. The van der Waals surface area contributed by atoms with Crippen LogP contribution in [0.25, 0.3) is 10.2 Å². The molecule has 2 heterocycles. The molecule has 0 radical (unpaired) electrons. The third kappa shape index (κ3) is 6.53. The number of carbonyl (C=O) groups is 1. The fourth-order valence-corrected chi connectivity index (χ4v) is 6.86. The highest BCUT2D eigenvalue weighted by Crippen LogP contribution is 2.38. The lowest BCUT2D eigenvalue weighted by Gasteiger charge is -2.20. The summed E-state index contributed by atoms with van der Waals surface area (Å²) in [5, 5.41) is 5.71. The van der Waals surface area contributed by atoms with Crippen LogP contribution in [0, 0.1) is 5.82 Å². The average molecular weight is 643 g/mol. The molecule has 4 aromatic rings. The van der Waals surface area contributed by atoms with Crippen LogP contribution in [-0.4, -0.2) is 77.5 Å². The van der Waals surface area contributed by atoms with Crippen molar-refractivity contribution < 1.29 is 36.6 Å². The number of halogens is 1. The predicted molar refractivity (Wildman–Crippen MR) is 165 cm³/mol. The van der Waals surface area contributed by atoms with Gasteiger partial charge in [0, 0.05) is 31.3 Å². The van der Waals surface area contributed by atoms with E-state index in [-0.39, 0.29) is 28.2 Å². The predicted octanol–water partition coefficient (Wildman–Crippen LogP) is 4.94. The smallest absolute Gasteiger partial charge is 0.280 e. The fourth-order valence-electron chi connectivity index (χ4n) is 4.71. The van der Waals surface area contributed by atoms with Crippen LogP contribution in [0.1, 0.15) is 28.8 Å². The SMILES string of the molecule is COc1cc(/C=N/N(C(=O)c2ccc(S(=O)(=O)N(C)CC3CCCO3)cc2)c2nc3ccc(F)cc3s2)cc(OC)c1OC. The van der Waals surface area contributed by atoms with Gasteiger partial charge in [0.25, 0.3) is 5.91 Å². The maximum atomic E-state index is 13.9. The van der Waals surface area contributed by atoms with Gasteiger partial charge >= 0.3 is 0 Å². The van der Waals surface area contributed by atoms with Crippen LogP contribution in [0.5, 0.6) is 17.2 Å². The first kappa shape index (κ1) is 31.3. The monoisotopic (exact) mass is 642 g/mol. The maximum Gasteiger partial charge on any atom is 0.280 e. The summed E-state index contributed by atoms with van der Waals surface area (Å²) in [6, 6.07) is 13.0. The number of amides is 1. The van der Waals surface area contributed by atoms with Crippen molar-refractivity contribution in [2.24, 2.45) is 5.10 Å². The van der Waals surface area contributed by atoms with Gasteiger partial charge in [0.05, 0.1) is 48.8 Å². The molecule has 1 aliphatic rings. The Balaban J connectivity index is 1.48. The Kier molecular flexibility index (Phi) is 9.44. The van der Waals surface area contributed by atoms with Crippen LogP contribution >= 0.6 is 11.3 Å². The summed E-state index contributed by atoms with van der Waals surface area (Å²) in [7, 11) is 2.15. The van der Waals surface area contributed by atoms with Gasteiger partial charge in [-0.2, -0.15) is 14.4 Å². The molecule has 1 amide bonds. The van der Waals surface area contributed by atoms with Gasteiger partial charge in [-0.25, -0.2) is 17.8 Å². The molecule has 44 heavy (non-hydrogen) atoms. The van der Waals surface area contributed by atoms with E-state index >= 15 is 0 Å². The number of likely N-dealkylation sites (N-methyl/N-ethyl adjacent to an activating group) is 1. The number of anilines is 1. The number of sulfonamides is 1. The number of aromatic nitrogens is 1. The van der Waals surface area contributed by atoms with Crippen molar-refractivity contribution in [1.29, 1.82) is 0 Å². The van der Waals surface area contributed by atoms with E-state index in [1.807, 2.05) is 0 Å². The molecule has 5 rings (SSSR count). The second-order valence-electron chi connectivity index (χ2n) is 9.87. The summed E-state index contributed by atoms with van der Waals surface area (Å²) in [5.41, 5.74) is 1.18. The molecular formula is C30H31FN4O7S2. The number of hydrogen-bond acceptors (Lipinski definition) is 10. The lowest BCUT2D eigenvalue weighted by molar-refractivity contribution is 0.0978. The van der Waals surface area contributed by atoms with E-state index in [1.165, 1.54) is 81.4 Å². The van der Waals surface area contributed by atoms with Crippen LogP contribution in [-0.2, 0) is 14.8 Å². The first-order valence-corrected chi connectivity index (χ1v) is 15.8. The van der Waals surface area contributed by atoms with Crippen molar-refractivity contribution in [1.82, 2.24) is 9.29 Å². The number of hydrazone groups is 1. The number of nitrogens with zero attached hydrogens (tertiary/aromatic N) is 4. The van der Waals surface area contributed by atoms with Gasteiger partial charge in [-0.05, 0) is 67.4 Å². The second-order valence-corrected chi connectivity index (χ2v) is 12.9. The van der Waals surface area contributed by atoms with Crippen LogP contribution in [0.3, 0.4) is 0 Å². The molecule has 1 aromatic heterocycles. The molecular weight excluding hydrogens is 611 g/mol. The molecule has 14 heteroatoms. The molecule has 1 atom stereocenters. The van der Waals surface area contributed by atoms with Crippen LogP contribution in [0.4, 0.5) is 9.52 Å². The summed E-state index contributed by atoms with van der Waals surface area (Å²) < 4.78 is 63.9. The van der Waals surface area contributed by atoms with Gasteiger partial charge in [0.2, 0.25) is 20.9 Å². The zero-order chi connectivity index (χ0) is 31.4. The molecule has 0 saturated carbocycles. The topological polar surface area (TPSA) is 120 Å². The van der Waals surface area contributed by atoms with Gasteiger partial charge < -0.3 is 18.9 Å². The van der Waals surface area contributed by atoms with Crippen molar-refractivity contribution in [3.05, 3.63) is 71.5 Å². The zero-order valence-corrected chi connectivity index (χ0v) is 26.2. The van der Waals surface area contributed by atoms with Crippen molar-refractivity contribution in [3.8, 4) is 17.2 Å². The van der Waals surface area contributed by atoms with Crippen LogP contribution in [0.2, 0.25) is 0 Å². The number of carbonyl (C=O) groups excluding carboxylic acids is 1. The Labute approximate surface area is 258 Å². The molecule has 1 unspecified atom stereocenters. The quantitative estimate of drug-likeness (QED) is 0.167. The molecule has 1 fully saturated rings. The van der Waals surface area contributed by atoms with Crippen molar-refractivity contribution in [2.75, 3.05) is 46.5 Å². The normalized spacial score (nSPS) is 15.3. The summed E-state index contributed by atoms with van der Waals surface area (Å²) in [6.07, 6.45) is 2.98. The molecule has 11 nitrogen and oxygen atoms in total. The molecule has 0 bridgehead atoms. The molecule has 0 spiro atoms. The van der Waals surface area contributed by atoms with Crippen molar-refractivity contribution in [3.63, 3.8) is 0 Å². The minimum absolute atomic E-state index is 0.0393. The zero-order valence-electron chi connectivity index (χ0n) is 24.5. The largest absolute Gasteiger partial charge is 0.493 e. The number of fused-ring (bicyclic) bond motifs is 1. The Morgan fingerprint density at radius 1 is 1.09 bits per heavy atom. The third-order valence-corrected chi connectivity index (χ3v) is 9.85. The van der Waals surface area contributed by atoms with E-state index in [4.69, 9.17) is 18.9 Å². The number of methoxy groups -OCH3 is 3. The van der Waals surface area contributed by atoms with E-state index in [1.54, 1.807) is 12.1 Å². The standard InChI is InChI=1S/C30H31FN4O7S2/c1-34(18-22-6-5-13-42-22)44(37,38)23-10-7-20(8-11-23)29(36)35(30-33-24-12-9-21(31)16-27(24)43-30)32-17-19-14-25(39-2)28(41-4)26(15-19)40-3/h7-12,14-17,22H,5-6,13,18H2,1-4H3/b32-17+. The van der Waals surface area contributed by atoms with Gasteiger partial charge in [-0.3, -0.25) is 4.79 Å². The number of hydrogen-bond donors (Lipinski definition) is 0. The fraction of sp³-hybridized carbons (Fsp3) is 0.300. The third-order valence-electron chi connectivity index (χ3n) is 7.02. The first-order valence-electron chi connectivity index (χ1n) is 13.6. The first-order chi connectivity index (χ1) is 21.1. The summed E-state index contributed by atoms with van der Waals surface area (Å²) in [4.78, 5) is 18.4. The highest BCUT2D eigenvalue weighted by Gasteiger charge is 2.27. The maximum absolute atomic E-state index is 13.9. The van der Waals surface area contributed by atoms with Gasteiger partial charge in [-0.15, -0.1) is 0 Å². The molecule has 1 aliphatic heterocycles. The number of ether oxygens (including phenoxy) is 4. The number of thiazole rings is 1. The minimum Gasteiger partial charge on any atom is -0.493 e. The second kappa shape index (κ2) is 13.3. The molecule has 1 saturated heterocycles. The Hall–Kier alpha value is -4.11. The average Bonchev–Trinajstić information content (AvgIpc) is 3.70. The van der Waals surface area contributed by atoms with E-state index in [0.717, 1.165) is 29.2 Å². The number of benzene rings is 3. The van der Waals surface area contributed by atoms with E-state index in [2.05, 4.69) is 10.1 Å². The minimum atomic E-state index is -3.81. The summed E-state index contributed by atoms with van der Waals surface area (Å²) >= 11 is 1.08. The van der Waals surface area contributed by atoms with E-state index in [9.17, 15) is 17.6 Å². The van der Waals surface area contributed by atoms with Crippen molar-refractivity contribution in [2.45, 2.75) is 23.8 Å². The highest BCUT2D eigenvalue weighted by atomic mass is 32.2. The Morgan fingerprint density at radius 3 is 2.41 bits per heavy atom. The molecule has 0 N–H and O–H groups in total. The van der Waals surface area contributed by atoms with Gasteiger partial charge in [0.1, 0.15) is 5.82 Å². The Morgan fingerprint density at radius 2 is 1.80 bits per heavy atom. The number of rotatable bonds is 11. The highest BCUT2D eigenvalue weighted by molar-refractivity contribution is 7.89. The van der Waals surface area contributed by atoms with E-state index in [0.29, 0.717) is 39.6 Å². The van der Waals surface area contributed by atoms with Crippen LogP contribution in [0.15, 0.2) is 64.6 Å². The molecule has 232 valence electrons. The van der Waals surface area contributed by atoms with Crippen molar-refractivity contribution >= 4 is 48.8 Å². The summed E-state index contributed by atoms with van der Waals surface area (Å²) in [6.45, 7) is 0.863. The summed E-state index contributed by atoms with van der Waals surface area (Å²) in [5.74, 6) is 0.160. The van der Waals surface area contributed by atoms with Gasteiger partial charge in [0.15, 0.2) is 11.5 Å².